The van der Waals surface area contributed by atoms with Crippen molar-refractivity contribution in [3.63, 3.8) is 0 Å². The topological polar surface area (TPSA) is 39.1 Å². The Hall–Kier alpha value is -1.38. The van der Waals surface area contributed by atoms with Gasteiger partial charge in [-0.15, -0.1) is 0 Å². The van der Waals surface area contributed by atoms with E-state index in [1.54, 1.807) is 10.6 Å². The SMILES string of the molecule is CCCCCn1c(C(C)C)ccc(C(C)=O)c1=O. The van der Waals surface area contributed by atoms with Gasteiger partial charge in [-0.3, -0.25) is 9.59 Å². The fourth-order valence-corrected chi connectivity index (χ4v) is 2.12. The maximum Gasteiger partial charge on any atom is 0.261 e. The Morgan fingerprint density at radius 1 is 1.28 bits per heavy atom. The molecule has 18 heavy (non-hydrogen) atoms. The molecule has 0 saturated carbocycles. The molecule has 0 amide bonds. The predicted molar refractivity (Wildman–Crippen MR) is 74.3 cm³/mol. The van der Waals surface area contributed by atoms with Gasteiger partial charge in [0.1, 0.15) is 0 Å². The second kappa shape index (κ2) is 6.53. The van der Waals surface area contributed by atoms with Crippen LogP contribution in [0.1, 0.15) is 68.9 Å². The number of aromatic nitrogens is 1. The molecule has 0 aliphatic heterocycles. The van der Waals surface area contributed by atoms with Crippen molar-refractivity contribution in [2.24, 2.45) is 0 Å². The standard InChI is InChI=1S/C15H23NO2/c1-5-6-7-10-16-14(11(2)3)9-8-13(12(4)17)15(16)18/h8-9,11H,5-7,10H2,1-4H3. The summed E-state index contributed by atoms with van der Waals surface area (Å²) in [7, 11) is 0. The minimum absolute atomic E-state index is 0.134. The van der Waals surface area contributed by atoms with Gasteiger partial charge < -0.3 is 4.57 Å². The molecule has 0 radical (unpaired) electrons. The van der Waals surface area contributed by atoms with Crippen LogP contribution in [0.4, 0.5) is 0 Å². The third kappa shape index (κ3) is 3.31. The van der Waals surface area contributed by atoms with Crippen molar-refractivity contribution in [2.45, 2.75) is 59.4 Å². The fourth-order valence-electron chi connectivity index (χ4n) is 2.12. The van der Waals surface area contributed by atoms with Crippen LogP contribution in [0.5, 0.6) is 0 Å². The highest BCUT2D eigenvalue weighted by Crippen LogP contribution is 2.14. The third-order valence-corrected chi connectivity index (χ3v) is 3.16. The number of ketones is 1. The molecule has 0 spiro atoms. The van der Waals surface area contributed by atoms with Gasteiger partial charge in [-0.1, -0.05) is 33.6 Å². The monoisotopic (exact) mass is 249 g/mol. The molecule has 0 N–H and O–H groups in total. The maximum atomic E-state index is 12.3. The van der Waals surface area contributed by atoms with Crippen LogP contribution in [0.2, 0.25) is 0 Å². The van der Waals surface area contributed by atoms with Crippen LogP contribution in [0, 0.1) is 0 Å². The molecule has 1 aromatic heterocycles. The minimum atomic E-state index is -0.153. The molecule has 0 fully saturated rings. The molecular formula is C15H23NO2. The summed E-state index contributed by atoms with van der Waals surface area (Å²) in [6, 6.07) is 3.57. The van der Waals surface area contributed by atoms with Gasteiger partial charge in [0.2, 0.25) is 0 Å². The zero-order valence-corrected chi connectivity index (χ0v) is 11.8. The van der Waals surface area contributed by atoms with Crippen molar-refractivity contribution < 1.29 is 4.79 Å². The zero-order valence-electron chi connectivity index (χ0n) is 11.8. The molecule has 0 saturated heterocycles. The van der Waals surface area contributed by atoms with E-state index in [9.17, 15) is 9.59 Å². The highest BCUT2D eigenvalue weighted by Gasteiger charge is 2.13. The first-order valence-electron chi connectivity index (χ1n) is 6.73. The van der Waals surface area contributed by atoms with E-state index in [4.69, 9.17) is 0 Å². The number of pyridine rings is 1. The Balaban J connectivity index is 3.19. The van der Waals surface area contributed by atoms with E-state index in [2.05, 4.69) is 20.8 Å². The summed E-state index contributed by atoms with van der Waals surface area (Å²) in [6.07, 6.45) is 3.21. The molecule has 0 aliphatic carbocycles. The zero-order chi connectivity index (χ0) is 13.7. The molecule has 0 aromatic carbocycles. The van der Waals surface area contributed by atoms with E-state index in [-0.39, 0.29) is 11.3 Å². The Bertz CT molecular complexity index is 472. The van der Waals surface area contributed by atoms with Gasteiger partial charge in [0.05, 0.1) is 5.56 Å². The average molecular weight is 249 g/mol. The first-order valence-corrected chi connectivity index (χ1v) is 6.73. The van der Waals surface area contributed by atoms with Crippen molar-refractivity contribution in [2.75, 3.05) is 0 Å². The van der Waals surface area contributed by atoms with Crippen LogP contribution < -0.4 is 5.56 Å². The summed E-state index contributed by atoms with van der Waals surface area (Å²) >= 11 is 0. The predicted octanol–water partition coefficient (Wildman–Crippen LogP) is 3.36. The lowest BCUT2D eigenvalue weighted by molar-refractivity contribution is 0.101. The van der Waals surface area contributed by atoms with E-state index < -0.39 is 0 Å². The van der Waals surface area contributed by atoms with Gasteiger partial charge in [0.25, 0.3) is 5.56 Å². The third-order valence-electron chi connectivity index (χ3n) is 3.16. The number of unbranched alkanes of at least 4 members (excludes halogenated alkanes) is 2. The fraction of sp³-hybridized carbons (Fsp3) is 0.600. The second-order valence-electron chi connectivity index (χ2n) is 5.05. The van der Waals surface area contributed by atoms with E-state index in [1.807, 2.05) is 6.07 Å². The molecule has 0 unspecified atom stereocenters. The Morgan fingerprint density at radius 3 is 2.44 bits per heavy atom. The van der Waals surface area contributed by atoms with E-state index in [0.29, 0.717) is 18.0 Å². The number of carbonyl (C=O) groups excluding carboxylic acids is 1. The van der Waals surface area contributed by atoms with E-state index in [1.165, 1.54) is 6.92 Å². The molecule has 0 aliphatic rings. The van der Waals surface area contributed by atoms with Gasteiger partial charge in [-0.05, 0) is 31.4 Å². The minimum Gasteiger partial charge on any atom is -0.312 e. The molecule has 1 aromatic rings. The van der Waals surface area contributed by atoms with Gasteiger partial charge in [-0.2, -0.15) is 0 Å². The molecule has 1 heterocycles. The van der Waals surface area contributed by atoms with Crippen molar-refractivity contribution in [3.05, 3.63) is 33.7 Å². The largest absolute Gasteiger partial charge is 0.312 e. The first-order chi connectivity index (χ1) is 8.49. The smallest absolute Gasteiger partial charge is 0.261 e. The van der Waals surface area contributed by atoms with Crippen LogP contribution in [-0.2, 0) is 6.54 Å². The number of nitrogens with zero attached hydrogens (tertiary/aromatic N) is 1. The quantitative estimate of drug-likeness (QED) is 0.573. The van der Waals surface area contributed by atoms with Crippen molar-refractivity contribution in [1.82, 2.24) is 4.57 Å². The number of hydrogen-bond donors (Lipinski definition) is 0. The van der Waals surface area contributed by atoms with Crippen molar-refractivity contribution in [1.29, 1.82) is 0 Å². The van der Waals surface area contributed by atoms with Gasteiger partial charge in [0, 0.05) is 12.2 Å². The van der Waals surface area contributed by atoms with Crippen molar-refractivity contribution >= 4 is 5.78 Å². The van der Waals surface area contributed by atoms with Gasteiger partial charge >= 0.3 is 0 Å². The summed E-state index contributed by atoms with van der Waals surface area (Å²) in [6.45, 7) is 8.43. The maximum absolute atomic E-state index is 12.3. The lowest BCUT2D eigenvalue weighted by atomic mass is 10.1. The number of Topliss-reactive ketones (excluding diaryl/α,β-unsaturated/α-hetero) is 1. The summed E-state index contributed by atoms with van der Waals surface area (Å²) in [5, 5.41) is 0. The summed E-state index contributed by atoms with van der Waals surface area (Å²) in [5.74, 6) is 0.139. The molecular weight excluding hydrogens is 226 g/mol. The molecule has 3 nitrogen and oxygen atoms in total. The first kappa shape index (κ1) is 14.7. The van der Waals surface area contributed by atoms with Crippen LogP contribution in [0.15, 0.2) is 16.9 Å². The van der Waals surface area contributed by atoms with Gasteiger partial charge in [0.15, 0.2) is 5.78 Å². The number of rotatable bonds is 6. The van der Waals surface area contributed by atoms with Crippen LogP contribution >= 0.6 is 0 Å². The number of carbonyl (C=O) groups is 1. The lowest BCUT2D eigenvalue weighted by Crippen LogP contribution is -2.28. The van der Waals surface area contributed by atoms with Crippen molar-refractivity contribution in [3.8, 4) is 0 Å². The Morgan fingerprint density at radius 2 is 1.94 bits per heavy atom. The lowest BCUT2D eigenvalue weighted by Gasteiger charge is -2.16. The second-order valence-corrected chi connectivity index (χ2v) is 5.05. The highest BCUT2D eigenvalue weighted by atomic mass is 16.1. The van der Waals surface area contributed by atoms with Crippen LogP contribution in [0.3, 0.4) is 0 Å². The normalized spacial score (nSPS) is 10.9. The van der Waals surface area contributed by atoms with E-state index in [0.717, 1.165) is 25.0 Å². The highest BCUT2D eigenvalue weighted by molar-refractivity contribution is 5.93. The summed E-state index contributed by atoms with van der Waals surface area (Å²) in [5.41, 5.74) is 1.18. The average Bonchev–Trinajstić information content (AvgIpc) is 2.30. The Kier molecular flexibility index (Phi) is 5.32. The molecule has 0 atom stereocenters. The van der Waals surface area contributed by atoms with E-state index >= 15 is 0 Å². The molecule has 100 valence electrons. The molecule has 1 rings (SSSR count). The Labute approximate surface area is 109 Å². The van der Waals surface area contributed by atoms with Crippen LogP contribution in [0.25, 0.3) is 0 Å². The number of hydrogen-bond acceptors (Lipinski definition) is 2. The molecule has 3 heteroatoms. The molecule has 0 bridgehead atoms. The van der Waals surface area contributed by atoms with Crippen LogP contribution in [-0.4, -0.2) is 10.4 Å². The summed E-state index contributed by atoms with van der Waals surface area (Å²) < 4.78 is 1.77. The summed E-state index contributed by atoms with van der Waals surface area (Å²) in [4.78, 5) is 23.7. The van der Waals surface area contributed by atoms with Gasteiger partial charge in [-0.25, -0.2) is 0 Å².